The van der Waals surface area contributed by atoms with Crippen molar-refractivity contribution in [3.63, 3.8) is 0 Å². The molecule has 1 unspecified atom stereocenters. The maximum absolute atomic E-state index is 13.8. The molecule has 0 saturated heterocycles. The number of halogens is 1. The highest BCUT2D eigenvalue weighted by atomic mass is 19.1. The smallest absolute Gasteiger partial charge is 0.253 e. The lowest BCUT2D eigenvalue weighted by atomic mass is 10.0. The molecule has 0 aliphatic heterocycles. The van der Waals surface area contributed by atoms with Crippen LogP contribution in [-0.4, -0.2) is 35.1 Å². The van der Waals surface area contributed by atoms with Crippen LogP contribution in [0.15, 0.2) is 108 Å². The predicted molar refractivity (Wildman–Crippen MR) is 154 cm³/mol. The second-order valence-corrected chi connectivity index (χ2v) is 10.1. The highest BCUT2D eigenvalue weighted by molar-refractivity contribution is 5.79. The minimum atomic E-state index is -0.611. The number of H-pyrrole nitrogens is 1. The first-order valence-electron chi connectivity index (χ1n) is 13.3. The van der Waals surface area contributed by atoms with Gasteiger partial charge in [0.15, 0.2) is 5.82 Å². The summed E-state index contributed by atoms with van der Waals surface area (Å²) in [5.74, 6) is 0.193. The number of tetrazole rings is 1. The van der Waals surface area contributed by atoms with Gasteiger partial charge in [-0.3, -0.25) is 14.7 Å². The zero-order valence-corrected chi connectivity index (χ0v) is 22.5. The van der Waals surface area contributed by atoms with Crippen molar-refractivity contribution in [1.29, 1.82) is 0 Å². The molecule has 3 heterocycles. The van der Waals surface area contributed by atoms with Gasteiger partial charge < -0.3 is 4.98 Å². The molecule has 3 aromatic heterocycles. The van der Waals surface area contributed by atoms with E-state index in [1.165, 1.54) is 12.1 Å². The summed E-state index contributed by atoms with van der Waals surface area (Å²) >= 11 is 0. The van der Waals surface area contributed by atoms with Crippen LogP contribution in [-0.2, 0) is 19.6 Å². The van der Waals surface area contributed by atoms with Crippen LogP contribution < -0.4 is 5.56 Å². The quantitative estimate of drug-likeness (QED) is 0.269. The second-order valence-electron chi connectivity index (χ2n) is 10.1. The molecule has 0 aliphatic carbocycles. The summed E-state index contributed by atoms with van der Waals surface area (Å²) in [6.07, 6.45) is 3.56. The molecule has 204 valence electrons. The van der Waals surface area contributed by atoms with Crippen molar-refractivity contribution in [2.24, 2.45) is 0 Å². The van der Waals surface area contributed by atoms with Crippen molar-refractivity contribution in [2.45, 2.75) is 32.6 Å². The number of rotatable bonds is 9. The Morgan fingerprint density at radius 3 is 2.46 bits per heavy atom. The van der Waals surface area contributed by atoms with Gasteiger partial charge in [0.2, 0.25) is 0 Å². The van der Waals surface area contributed by atoms with Crippen LogP contribution in [0.1, 0.15) is 39.7 Å². The Bertz CT molecular complexity index is 1780. The van der Waals surface area contributed by atoms with E-state index in [1.54, 1.807) is 23.0 Å². The van der Waals surface area contributed by atoms with Crippen molar-refractivity contribution in [3.05, 3.63) is 153 Å². The minimum Gasteiger partial charge on any atom is -0.322 e. The lowest BCUT2D eigenvalue weighted by Gasteiger charge is -2.31. The Kier molecular flexibility index (Phi) is 7.42. The zero-order chi connectivity index (χ0) is 28.2. The summed E-state index contributed by atoms with van der Waals surface area (Å²) in [5, 5.41) is 13.7. The largest absolute Gasteiger partial charge is 0.322 e. The zero-order valence-electron chi connectivity index (χ0n) is 22.5. The number of aromatic amines is 1. The van der Waals surface area contributed by atoms with E-state index in [0.29, 0.717) is 31.0 Å². The Hall–Kier alpha value is -5.02. The minimum absolute atomic E-state index is 0.214. The van der Waals surface area contributed by atoms with Crippen molar-refractivity contribution in [3.8, 4) is 0 Å². The molecule has 6 rings (SSSR count). The van der Waals surface area contributed by atoms with Gasteiger partial charge in [-0.2, -0.15) is 0 Å². The summed E-state index contributed by atoms with van der Waals surface area (Å²) < 4.78 is 15.3. The SMILES string of the molecule is Cc1ccc2cc(C(c3nnnn3Cc3ccc(F)cc3)N(Cc3ccccc3)Cc3cccnc3)c(=O)[nH]c2c1. The molecule has 6 aromatic rings. The number of fused-ring (bicyclic) bond motifs is 1. The van der Waals surface area contributed by atoms with E-state index in [4.69, 9.17) is 0 Å². The molecule has 3 aromatic carbocycles. The van der Waals surface area contributed by atoms with Crippen LogP contribution in [0.3, 0.4) is 0 Å². The Morgan fingerprint density at radius 2 is 1.68 bits per heavy atom. The Labute approximate surface area is 236 Å². The summed E-state index contributed by atoms with van der Waals surface area (Å²) in [5.41, 5.74) is 5.03. The lowest BCUT2D eigenvalue weighted by Crippen LogP contribution is -2.35. The number of pyridine rings is 2. The molecule has 0 saturated carbocycles. The van der Waals surface area contributed by atoms with Gasteiger partial charge in [0.05, 0.1) is 6.54 Å². The standard InChI is InChI=1S/C32H28FN7O/c1-22-9-12-26-17-28(32(41)35-29(26)16-22)30(31-36-37-38-40(31)21-24-10-13-27(33)14-11-24)39(19-23-6-3-2-4-7-23)20-25-8-5-15-34-18-25/h2-18,30H,19-21H2,1H3,(H,35,41). The van der Waals surface area contributed by atoms with Gasteiger partial charge in [-0.15, -0.1) is 5.10 Å². The van der Waals surface area contributed by atoms with Gasteiger partial charge in [0.1, 0.15) is 11.9 Å². The molecular weight excluding hydrogens is 517 g/mol. The van der Waals surface area contributed by atoms with Crippen LogP contribution in [0.5, 0.6) is 0 Å². The summed E-state index contributed by atoms with van der Waals surface area (Å²) in [4.78, 5) is 23.4. The molecular formula is C32H28FN7O. The third kappa shape index (κ3) is 5.95. The Balaban J connectivity index is 1.52. The molecule has 41 heavy (non-hydrogen) atoms. The highest BCUT2D eigenvalue weighted by Crippen LogP contribution is 2.30. The highest BCUT2D eigenvalue weighted by Gasteiger charge is 2.31. The third-order valence-electron chi connectivity index (χ3n) is 7.08. The topological polar surface area (TPSA) is 92.6 Å². The normalized spacial score (nSPS) is 12.2. The van der Waals surface area contributed by atoms with Gasteiger partial charge in [-0.25, -0.2) is 9.07 Å². The average molecular weight is 546 g/mol. The molecule has 1 N–H and O–H groups in total. The molecule has 0 amide bonds. The van der Waals surface area contributed by atoms with E-state index >= 15 is 0 Å². The van der Waals surface area contributed by atoms with Crippen LogP contribution in [0.25, 0.3) is 10.9 Å². The fraction of sp³-hybridized carbons (Fsp3) is 0.156. The van der Waals surface area contributed by atoms with E-state index < -0.39 is 6.04 Å². The predicted octanol–water partition coefficient (Wildman–Crippen LogP) is 5.20. The number of benzene rings is 3. The van der Waals surface area contributed by atoms with E-state index in [0.717, 1.165) is 33.2 Å². The van der Waals surface area contributed by atoms with E-state index in [1.807, 2.05) is 67.7 Å². The molecule has 1 atom stereocenters. The van der Waals surface area contributed by atoms with Crippen LogP contribution in [0.4, 0.5) is 4.39 Å². The summed E-state index contributed by atoms with van der Waals surface area (Å²) in [6.45, 7) is 3.32. The molecule has 0 radical (unpaired) electrons. The van der Waals surface area contributed by atoms with Crippen molar-refractivity contribution in [1.82, 2.24) is 35.1 Å². The average Bonchev–Trinajstić information content (AvgIpc) is 3.43. The Morgan fingerprint density at radius 1 is 0.902 bits per heavy atom. The molecule has 0 bridgehead atoms. The van der Waals surface area contributed by atoms with Crippen LogP contribution in [0, 0.1) is 12.7 Å². The van der Waals surface area contributed by atoms with Gasteiger partial charge in [-0.1, -0.05) is 60.7 Å². The molecule has 0 fully saturated rings. The van der Waals surface area contributed by atoms with Gasteiger partial charge in [-0.05, 0) is 75.3 Å². The maximum atomic E-state index is 13.8. The van der Waals surface area contributed by atoms with Gasteiger partial charge >= 0.3 is 0 Å². The van der Waals surface area contributed by atoms with Crippen LogP contribution in [0.2, 0.25) is 0 Å². The van der Waals surface area contributed by atoms with E-state index in [9.17, 15) is 9.18 Å². The number of nitrogens with one attached hydrogen (secondary N) is 1. The molecule has 8 nitrogen and oxygen atoms in total. The number of nitrogens with zero attached hydrogens (tertiary/aromatic N) is 6. The van der Waals surface area contributed by atoms with Crippen molar-refractivity contribution < 1.29 is 4.39 Å². The van der Waals surface area contributed by atoms with E-state index in [2.05, 4.69) is 42.5 Å². The first-order chi connectivity index (χ1) is 20.0. The second kappa shape index (κ2) is 11.6. The molecule has 0 aliphatic rings. The molecule has 0 spiro atoms. The monoisotopic (exact) mass is 545 g/mol. The molecule has 9 heteroatoms. The van der Waals surface area contributed by atoms with E-state index in [-0.39, 0.29) is 11.4 Å². The summed E-state index contributed by atoms with van der Waals surface area (Å²) in [6, 6.07) is 27.5. The van der Waals surface area contributed by atoms with Gasteiger partial charge in [0.25, 0.3) is 5.56 Å². The van der Waals surface area contributed by atoms with Gasteiger partial charge in [0, 0.05) is 36.6 Å². The summed E-state index contributed by atoms with van der Waals surface area (Å²) in [7, 11) is 0. The lowest BCUT2D eigenvalue weighted by molar-refractivity contribution is 0.194. The first-order valence-corrected chi connectivity index (χ1v) is 13.3. The number of aromatic nitrogens is 6. The third-order valence-corrected chi connectivity index (χ3v) is 7.08. The number of hydrogen-bond donors (Lipinski definition) is 1. The first kappa shape index (κ1) is 26.2. The van der Waals surface area contributed by atoms with Crippen molar-refractivity contribution in [2.75, 3.05) is 0 Å². The maximum Gasteiger partial charge on any atom is 0.253 e. The number of aryl methyl sites for hydroxylation is 1. The fourth-order valence-corrected chi connectivity index (χ4v) is 5.10. The van der Waals surface area contributed by atoms with Crippen molar-refractivity contribution >= 4 is 10.9 Å². The fourth-order valence-electron chi connectivity index (χ4n) is 5.10. The van der Waals surface area contributed by atoms with Crippen LogP contribution >= 0.6 is 0 Å². The number of hydrogen-bond acceptors (Lipinski definition) is 6.